The number of esters is 1. The van der Waals surface area contributed by atoms with Gasteiger partial charge in [-0.15, -0.1) is 0 Å². The molecule has 2 atom stereocenters. The second kappa shape index (κ2) is 5.98. The number of hydrogen-bond donors (Lipinski definition) is 2. The Kier molecular flexibility index (Phi) is 4.90. The first-order valence-electron chi connectivity index (χ1n) is 5.19. The van der Waals surface area contributed by atoms with Gasteiger partial charge in [0.05, 0.1) is 19.6 Å². The molecule has 1 aliphatic rings. The summed E-state index contributed by atoms with van der Waals surface area (Å²) in [4.78, 5) is 10.8. The zero-order chi connectivity index (χ0) is 10.4. The number of carbonyl (C=O) groups is 1. The molecule has 2 N–H and O–H groups in total. The molecule has 4 heteroatoms. The molecule has 0 heterocycles. The molecule has 14 heavy (non-hydrogen) atoms. The predicted octanol–water partition coefficient (Wildman–Crippen LogP) is 0.300. The number of hydrogen-bond acceptors (Lipinski definition) is 4. The number of carbonyl (C=O) groups excluding carboxylic acids is 1. The van der Waals surface area contributed by atoms with E-state index < -0.39 is 0 Å². The first-order chi connectivity index (χ1) is 6.74. The topological polar surface area (TPSA) is 58.6 Å². The van der Waals surface area contributed by atoms with E-state index in [4.69, 9.17) is 0 Å². The van der Waals surface area contributed by atoms with Gasteiger partial charge in [0.25, 0.3) is 0 Å². The maximum Gasteiger partial charge on any atom is 0.306 e. The van der Waals surface area contributed by atoms with E-state index in [0.29, 0.717) is 18.9 Å². The van der Waals surface area contributed by atoms with Gasteiger partial charge in [-0.05, 0) is 18.8 Å². The molecular weight excluding hydrogens is 182 g/mol. The highest BCUT2D eigenvalue weighted by atomic mass is 16.5. The summed E-state index contributed by atoms with van der Waals surface area (Å²) >= 11 is 0. The van der Waals surface area contributed by atoms with Crippen LogP contribution in [-0.2, 0) is 9.53 Å². The molecule has 1 aliphatic carbocycles. The van der Waals surface area contributed by atoms with Gasteiger partial charge in [-0.3, -0.25) is 4.79 Å². The monoisotopic (exact) mass is 201 g/mol. The van der Waals surface area contributed by atoms with Crippen LogP contribution in [0.3, 0.4) is 0 Å². The third-order valence-corrected chi connectivity index (χ3v) is 2.76. The molecule has 0 aromatic rings. The average molecular weight is 201 g/mol. The van der Waals surface area contributed by atoms with E-state index in [2.05, 4.69) is 10.1 Å². The lowest BCUT2D eigenvalue weighted by Gasteiger charge is -2.14. The lowest BCUT2D eigenvalue weighted by atomic mass is 10.1. The van der Waals surface area contributed by atoms with E-state index in [1.165, 1.54) is 7.11 Å². The van der Waals surface area contributed by atoms with Gasteiger partial charge in [0, 0.05) is 13.1 Å². The van der Waals surface area contributed by atoms with Crippen molar-refractivity contribution in [3.05, 3.63) is 0 Å². The second-order valence-corrected chi connectivity index (χ2v) is 3.79. The lowest BCUT2D eigenvalue weighted by molar-refractivity contribution is -0.140. The van der Waals surface area contributed by atoms with Crippen molar-refractivity contribution in [3.8, 4) is 0 Å². The largest absolute Gasteiger partial charge is 0.469 e. The number of rotatable bonds is 5. The Labute approximate surface area is 84.6 Å². The molecule has 0 aromatic heterocycles. The fourth-order valence-electron chi connectivity index (χ4n) is 1.84. The third-order valence-electron chi connectivity index (χ3n) is 2.76. The minimum absolute atomic E-state index is 0.152. The van der Waals surface area contributed by atoms with Gasteiger partial charge in [0.2, 0.25) is 0 Å². The van der Waals surface area contributed by atoms with Crippen molar-refractivity contribution in [2.24, 2.45) is 5.92 Å². The minimum atomic E-state index is -0.190. The molecule has 0 radical (unpaired) electrons. The molecule has 0 spiro atoms. The smallest absolute Gasteiger partial charge is 0.306 e. The summed E-state index contributed by atoms with van der Waals surface area (Å²) in [5, 5.41) is 12.7. The van der Waals surface area contributed by atoms with Gasteiger partial charge < -0.3 is 15.2 Å². The van der Waals surface area contributed by atoms with E-state index in [0.717, 1.165) is 25.8 Å². The van der Waals surface area contributed by atoms with Crippen LogP contribution < -0.4 is 5.32 Å². The van der Waals surface area contributed by atoms with Crippen LogP contribution in [0.15, 0.2) is 0 Å². The number of aliphatic hydroxyl groups is 1. The summed E-state index contributed by atoms with van der Waals surface area (Å²) in [6.45, 7) is 1.44. The van der Waals surface area contributed by atoms with Gasteiger partial charge in [0.15, 0.2) is 0 Å². The molecule has 2 unspecified atom stereocenters. The Bertz CT molecular complexity index is 184. The predicted molar refractivity (Wildman–Crippen MR) is 52.9 cm³/mol. The van der Waals surface area contributed by atoms with E-state index in [-0.39, 0.29) is 12.1 Å². The highest BCUT2D eigenvalue weighted by Gasteiger charge is 2.24. The standard InChI is InChI=1S/C10H19NO3/c1-14-10(13)5-6-11-7-8-3-2-4-9(8)12/h8-9,11-12H,2-7H2,1H3. The number of methoxy groups -OCH3 is 1. The lowest BCUT2D eigenvalue weighted by Crippen LogP contribution is -2.29. The first kappa shape index (κ1) is 11.5. The highest BCUT2D eigenvalue weighted by molar-refractivity contribution is 5.69. The summed E-state index contributed by atoms with van der Waals surface area (Å²) in [6, 6.07) is 0. The maximum absolute atomic E-state index is 10.8. The Balaban J connectivity index is 2.01. The maximum atomic E-state index is 10.8. The molecule has 82 valence electrons. The molecule has 4 nitrogen and oxygen atoms in total. The van der Waals surface area contributed by atoms with Crippen molar-refractivity contribution in [1.29, 1.82) is 0 Å². The fraction of sp³-hybridized carbons (Fsp3) is 0.900. The zero-order valence-corrected chi connectivity index (χ0v) is 8.66. The van der Waals surface area contributed by atoms with E-state index >= 15 is 0 Å². The van der Waals surface area contributed by atoms with Crippen LogP contribution in [0, 0.1) is 5.92 Å². The summed E-state index contributed by atoms with van der Waals surface area (Å²) in [5.41, 5.74) is 0. The van der Waals surface area contributed by atoms with E-state index in [1.54, 1.807) is 0 Å². The second-order valence-electron chi connectivity index (χ2n) is 3.79. The molecule has 0 amide bonds. The number of ether oxygens (including phenoxy) is 1. The summed E-state index contributed by atoms with van der Waals surface area (Å²) in [7, 11) is 1.39. The van der Waals surface area contributed by atoms with Crippen LogP contribution in [0.5, 0.6) is 0 Å². The van der Waals surface area contributed by atoms with Crippen LogP contribution in [0.4, 0.5) is 0 Å². The van der Waals surface area contributed by atoms with Crippen LogP contribution in [0.1, 0.15) is 25.7 Å². The Hall–Kier alpha value is -0.610. The van der Waals surface area contributed by atoms with Gasteiger partial charge in [-0.25, -0.2) is 0 Å². The number of aliphatic hydroxyl groups excluding tert-OH is 1. The Morgan fingerprint density at radius 1 is 1.57 bits per heavy atom. The average Bonchev–Trinajstić information content (AvgIpc) is 2.58. The molecule has 1 fully saturated rings. The highest BCUT2D eigenvalue weighted by Crippen LogP contribution is 2.24. The molecule has 1 saturated carbocycles. The van der Waals surface area contributed by atoms with Gasteiger partial charge in [0.1, 0.15) is 0 Å². The van der Waals surface area contributed by atoms with E-state index in [1.807, 2.05) is 0 Å². The van der Waals surface area contributed by atoms with Crippen LogP contribution in [-0.4, -0.2) is 37.4 Å². The van der Waals surface area contributed by atoms with E-state index in [9.17, 15) is 9.90 Å². The number of nitrogens with one attached hydrogen (secondary N) is 1. The van der Waals surface area contributed by atoms with Crippen LogP contribution in [0.2, 0.25) is 0 Å². The van der Waals surface area contributed by atoms with Crippen molar-refractivity contribution < 1.29 is 14.6 Å². The Morgan fingerprint density at radius 2 is 2.36 bits per heavy atom. The van der Waals surface area contributed by atoms with Crippen molar-refractivity contribution in [2.75, 3.05) is 20.2 Å². The zero-order valence-electron chi connectivity index (χ0n) is 8.66. The van der Waals surface area contributed by atoms with Crippen molar-refractivity contribution in [2.45, 2.75) is 31.8 Å². The summed E-state index contributed by atoms with van der Waals surface area (Å²) in [5.74, 6) is 0.178. The molecule has 0 saturated heterocycles. The van der Waals surface area contributed by atoms with Gasteiger partial charge in [-0.2, -0.15) is 0 Å². The van der Waals surface area contributed by atoms with Crippen molar-refractivity contribution in [1.82, 2.24) is 5.32 Å². The SMILES string of the molecule is COC(=O)CCNCC1CCCC1O. The first-order valence-corrected chi connectivity index (χ1v) is 5.19. The van der Waals surface area contributed by atoms with Gasteiger partial charge in [-0.1, -0.05) is 6.42 Å². The Morgan fingerprint density at radius 3 is 2.93 bits per heavy atom. The summed E-state index contributed by atoms with van der Waals surface area (Å²) in [6.07, 6.45) is 3.38. The van der Waals surface area contributed by atoms with Crippen LogP contribution >= 0.6 is 0 Å². The summed E-state index contributed by atoms with van der Waals surface area (Å²) < 4.78 is 4.52. The molecule has 0 aromatic carbocycles. The van der Waals surface area contributed by atoms with Gasteiger partial charge >= 0.3 is 5.97 Å². The molecule has 1 rings (SSSR count). The minimum Gasteiger partial charge on any atom is -0.469 e. The molecule has 0 aliphatic heterocycles. The molecular formula is C10H19NO3. The van der Waals surface area contributed by atoms with Crippen LogP contribution in [0.25, 0.3) is 0 Å². The fourth-order valence-corrected chi connectivity index (χ4v) is 1.84. The van der Waals surface area contributed by atoms with Crippen molar-refractivity contribution in [3.63, 3.8) is 0 Å². The van der Waals surface area contributed by atoms with Crippen molar-refractivity contribution >= 4 is 5.97 Å². The molecule has 0 bridgehead atoms. The third kappa shape index (κ3) is 3.64. The normalized spacial score (nSPS) is 26.4. The quantitative estimate of drug-likeness (QED) is 0.496.